The molecule has 0 saturated carbocycles. The Kier molecular flexibility index (Phi) is 48.0. The van der Waals surface area contributed by atoms with E-state index in [0.29, 0.717) is 12.8 Å². The molecular weight excluding hydrogens is 823 g/mol. The van der Waals surface area contributed by atoms with E-state index in [-0.39, 0.29) is 42.7 Å². The van der Waals surface area contributed by atoms with Gasteiger partial charge in [0.1, 0.15) is 12.6 Å². The van der Waals surface area contributed by atoms with Crippen molar-refractivity contribution in [3.63, 3.8) is 0 Å². The van der Waals surface area contributed by atoms with Crippen LogP contribution in [-0.4, -0.2) is 75.5 Å². The average molecular weight is 935 g/mol. The second-order valence-corrected chi connectivity index (χ2v) is 20.9. The number of allylic oxidation sites excluding steroid dienone is 2. The summed E-state index contributed by atoms with van der Waals surface area (Å²) >= 11 is 0. The maximum atomic E-state index is 12.8. The second-order valence-electron chi connectivity index (χ2n) is 20.9. The van der Waals surface area contributed by atoms with Crippen molar-refractivity contribution in [3.05, 3.63) is 12.2 Å². The molecule has 2 unspecified atom stereocenters. The summed E-state index contributed by atoms with van der Waals surface area (Å²) in [6.07, 6.45) is 56.8. The summed E-state index contributed by atoms with van der Waals surface area (Å²) in [4.78, 5) is 37.1. The molecule has 66 heavy (non-hydrogen) atoms. The summed E-state index contributed by atoms with van der Waals surface area (Å²) in [5.41, 5.74) is 0. The van der Waals surface area contributed by atoms with Gasteiger partial charge >= 0.3 is 11.9 Å². The SMILES string of the molecule is CCCCCCCCCCC/C=C/CCCCCCCCCC(=O)OC(COCCC(C(=O)[O-])[N+](C)(C)C)COC(=O)CCCCCCCCCCCCCCCCCCCCCCCC. The normalized spacial score (nSPS) is 12.8. The van der Waals surface area contributed by atoms with E-state index in [0.717, 1.165) is 38.5 Å². The Morgan fingerprint density at radius 2 is 0.758 bits per heavy atom. The van der Waals surface area contributed by atoms with Crippen LogP contribution in [0.25, 0.3) is 0 Å². The molecule has 8 heteroatoms. The van der Waals surface area contributed by atoms with Crippen LogP contribution < -0.4 is 5.11 Å². The summed E-state index contributed by atoms with van der Waals surface area (Å²) in [7, 11) is 5.43. The molecule has 0 heterocycles. The van der Waals surface area contributed by atoms with Gasteiger partial charge in [0.15, 0.2) is 6.10 Å². The molecule has 0 N–H and O–H groups in total. The molecule has 0 rings (SSSR count). The Bertz CT molecular complexity index is 1090. The van der Waals surface area contributed by atoms with Gasteiger partial charge in [0.05, 0.1) is 40.3 Å². The highest BCUT2D eigenvalue weighted by atomic mass is 16.6. The van der Waals surface area contributed by atoms with E-state index in [4.69, 9.17) is 14.2 Å². The molecule has 0 aliphatic carbocycles. The fourth-order valence-electron chi connectivity index (χ4n) is 8.95. The molecule has 0 aromatic heterocycles. The molecule has 0 aliphatic rings. The largest absolute Gasteiger partial charge is 0.544 e. The third kappa shape index (κ3) is 47.1. The molecule has 0 amide bonds. The molecule has 0 radical (unpaired) electrons. The van der Waals surface area contributed by atoms with Gasteiger partial charge in [-0.1, -0.05) is 244 Å². The predicted octanol–water partition coefficient (Wildman–Crippen LogP) is 15.7. The van der Waals surface area contributed by atoms with Crippen molar-refractivity contribution >= 4 is 17.9 Å². The van der Waals surface area contributed by atoms with Crippen molar-refractivity contribution in [1.82, 2.24) is 0 Å². The lowest BCUT2D eigenvalue weighted by atomic mass is 10.0. The number of esters is 2. The predicted molar refractivity (Wildman–Crippen MR) is 278 cm³/mol. The van der Waals surface area contributed by atoms with Crippen LogP contribution in [0.15, 0.2) is 12.2 Å². The van der Waals surface area contributed by atoms with E-state index >= 15 is 0 Å². The number of rotatable bonds is 53. The smallest absolute Gasteiger partial charge is 0.306 e. The summed E-state index contributed by atoms with van der Waals surface area (Å²) in [5, 5.41) is 11.7. The van der Waals surface area contributed by atoms with Gasteiger partial charge in [-0.05, 0) is 38.5 Å². The standard InChI is InChI=1S/C58H111NO7/c1-6-8-10-12-14-16-18-20-22-24-26-28-29-31-32-34-36-38-40-42-44-46-48-56(60)65-53-54(52-64-51-50-55(58(62)63)59(3,4)5)66-57(61)49-47-45-43-41-39-37-35-33-30-27-25-23-21-19-17-15-13-11-9-7-2/h27,30,54-55H,6-26,28-29,31-53H2,1-5H3/b30-27+. The molecule has 0 aromatic carbocycles. The number of carboxylic acids is 1. The number of hydrogen-bond acceptors (Lipinski definition) is 7. The number of carbonyl (C=O) groups excluding carboxylic acids is 3. The molecule has 0 fully saturated rings. The molecule has 0 aliphatic heterocycles. The second kappa shape index (κ2) is 49.5. The molecule has 8 nitrogen and oxygen atoms in total. The number of likely N-dealkylation sites (N-methyl/N-ethyl adjacent to an activating group) is 1. The Morgan fingerprint density at radius 3 is 1.09 bits per heavy atom. The van der Waals surface area contributed by atoms with Crippen molar-refractivity contribution in [2.75, 3.05) is 41.0 Å². The van der Waals surface area contributed by atoms with Gasteiger partial charge in [0.2, 0.25) is 0 Å². The van der Waals surface area contributed by atoms with Crippen LogP contribution in [0.5, 0.6) is 0 Å². The average Bonchev–Trinajstić information content (AvgIpc) is 3.28. The molecule has 0 saturated heterocycles. The highest BCUT2D eigenvalue weighted by Crippen LogP contribution is 2.17. The maximum absolute atomic E-state index is 12.8. The van der Waals surface area contributed by atoms with Gasteiger partial charge < -0.3 is 28.6 Å². The van der Waals surface area contributed by atoms with Crippen LogP contribution in [0.1, 0.15) is 290 Å². The van der Waals surface area contributed by atoms with Gasteiger partial charge in [-0.3, -0.25) is 9.59 Å². The number of quaternary nitrogens is 1. The topological polar surface area (TPSA) is 102 Å². The minimum Gasteiger partial charge on any atom is -0.544 e. The fraction of sp³-hybridized carbons (Fsp3) is 0.914. The minimum absolute atomic E-state index is 0.0454. The summed E-state index contributed by atoms with van der Waals surface area (Å²) in [5.74, 6) is -1.71. The van der Waals surface area contributed by atoms with Crippen LogP contribution in [0.3, 0.4) is 0 Å². The Hall–Kier alpha value is -1.93. The summed E-state index contributed by atoms with van der Waals surface area (Å²) < 4.78 is 17.3. The van der Waals surface area contributed by atoms with Gasteiger partial charge in [0.25, 0.3) is 0 Å². The van der Waals surface area contributed by atoms with Gasteiger partial charge in [-0.15, -0.1) is 0 Å². The molecular formula is C58H111NO7. The van der Waals surface area contributed by atoms with Crippen molar-refractivity contribution in [2.24, 2.45) is 0 Å². The number of ether oxygens (including phenoxy) is 3. The lowest BCUT2D eigenvalue weighted by Crippen LogP contribution is -2.55. The lowest BCUT2D eigenvalue weighted by Gasteiger charge is -2.34. The van der Waals surface area contributed by atoms with Crippen molar-refractivity contribution in [3.8, 4) is 0 Å². The number of carboxylic acid groups (broad SMARTS) is 1. The first-order valence-corrected chi connectivity index (χ1v) is 28.7. The zero-order valence-electron chi connectivity index (χ0n) is 44.6. The molecule has 0 spiro atoms. The van der Waals surface area contributed by atoms with Crippen LogP contribution in [0.4, 0.5) is 0 Å². The van der Waals surface area contributed by atoms with Gasteiger partial charge in [-0.2, -0.15) is 0 Å². The van der Waals surface area contributed by atoms with E-state index in [1.54, 1.807) is 0 Å². The Morgan fingerprint density at radius 1 is 0.439 bits per heavy atom. The summed E-state index contributed by atoms with van der Waals surface area (Å²) in [6.45, 7) is 4.72. The van der Waals surface area contributed by atoms with E-state index in [2.05, 4.69) is 26.0 Å². The number of carbonyl (C=O) groups is 3. The zero-order chi connectivity index (χ0) is 48.4. The van der Waals surface area contributed by atoms with E-state index in [1.165, 1.54) is 218 Å². The Labute approximate surface area is 409 Å². The van der Waals surface area contributed by atoms with Crippen LogP contribution in [0, 0.1) is 0 Å². The van der Waals surface area contributed by atoms with Crippen LogP contribution in [-0.2, 0) is 28.6 Å². The first kappa shape index (κ1) is 64.1. The van der Waals surface area contributed by atoms with Crippen LogP contribution >= 0.6 is 0 Å². The molecule has 0 bridgehead atoms. The first-order valence-electron chi connectivity index (χ1n) is 28.7. The fourth-order valence-corrected chi connectivity index (χ4v) is 8.95. The highest BCUT2D eigenvalue weighted by Gasteiger charge is 2.25. The number of aliphatic carboxylic acids is 1. The number of hydrogen-bond donors (Lipinski definition) is 0. The zero-order valence-corrected chi connectivity index (χ0v) is 44.6. The van der Waals surface area contributed by atoms with E-state index < -0.39 is 18.1 Å². The monoisotopic (exact) mass is 934 g/mol. The molecule has 2 atom stereocenters. The Balaban J connectivity index is 4.13. The van der Waals surface area contributed by atoms with Crippen molar-refractivity contribution < 1.29 is 38.2 Å². The van der Waals surface area contributed by atoms with Gasteiger partial charge in [-0.25, -0.2) is 0 Å². The van der Waals surface area contributed by atoms with Gasteiger partial charge in [0, 0.05) is 19.3 Å². The number of nitrogens with zero attached hydrogens (tertiary/aromatic N) is 1. The minimum atomic E-state index is -1.12. The van der Waals surface area contributed by atoms with Crippen molar-refractivity contribution in [1.29, 1.82) is 0 Å². The van der Waals surface area contributed by atoms with Crippen molar-refractivity contribution in [2.45, 2.75) is 302 Å². The van der Waals surface area contributed by atoms with E-state index in [1.807, 2.05) is 21.1 Å². The first-order chi connectivity index (χ1) is 32.1. The quantitative estimate of drug-likeness (QED) is 0.0259. The maximum Gasteiger partial charge on any atom is 0.306 e. The number of unbranched alkanes of at least 4 members (excludes halogenated alkanes) is 37. The molecule has 390 valence electrons. The lowest BCUT2D eigenvalue weighted by molar-refractivity contribution is -0.889. The highest BCUT2D eigenvalue weighted by molar-refractivity contribution is 5.70. The third-order valence-electron chi connectivity index (χ3n) is 13.4. The summed E-state index contributed by atoms with van der Waals surface area (Å²) in [6, 6.07) is -0.723. The molecule has 0 aromatic rings. The third-order valence-corrected chi connectivity index (χ3v) is 13.4. The van der Waals surface area contributed by atoms with E-state index in [9.17, 15) is 19.5 Å². The van der Waals surface area contributed by atoms with Crippen LogP contribution in [0.2, 0.25) is 0 Å².